The predicted octanol–water partition coefficient (Wildman–Crippen LogP) is 4.89. The summed E-state index contributed by atoms with van der Waals surface area (Å²) in [7, 11) is 0. The smallest absolute Gasteiger partial charge is 0.175 e. The molecule has 1 saturated carbocycles. The molecule has 1 aromatic carbocycles. The highest BCUT2D eigenvalue weighted by molar-refractivity contribution is 5.75. The summed E-state index contributed by atoms with van der Waals surface area (Å²) in [6, 6.07) is 6.48. The van der Waals surface area contributed by atoms with Crippen molar-refractivity contribution in [3.63, 3.8) is 0 Å². The third-order valence-corrected chi connectivity index (χ3v) is 4.33. The van der Waals surface area contributed by atoms with Gasteiger partial charge in [0.1, 0.15) is 11.6 Å². The van der Waals surface area contributed by atoms with Crippen molar-refractivity contribution >= 4 is 5.82 Å². The van der Waals surface area contributed by atoms with E-state index in [9.17, 15) is 4.39 Å². The van der Waals surface area contributed by atoms with Crippen LogP contribution < -0.4 is 5.73 Å². The van der Waals surface area contributed by atoms with E-state index in [2.05, 4.69) is 5.16 Å². The Labute approximate surface area is 124 Å². The second-order valence-electron chi connectivity index (χ2n) is 5.86. The quantitative estimate of drug-likeness (QED) is 0.855. The summed E-state index contributed by atoms with van der Waals surface area (Å²) < 4.78 is 19.0. The molecule has 3 rings (SSSR count). The van der Waals surface area contributed by atoms with Crippen LogP contribution in [0.2, 0.25) is 0 Å². The van der Waals surface area contributed by atoms with Crippen LogP contribution in [0.5, 0.6) is 0 Å². The molecule has 0 amide bonds. The lowest BCUT2D eigenvalue weighted by atomic mass is 9.86. The molecular weight excluding hydrogens is 267 g/mol. The fourth-order valence-electron chi connectivity index (χ4n) is 3.25. The molecule has 0 saturated heterocycles. The van der Waals surface area contributed by atoms with Crippen LogP contribution in [0.4, 0.5) is 10.2 Å². The zero-order chi connectivity index (χ0) is 14.7. The fraction of sp³-hybridized carbons (Fsp3) is 0.471. The molecule has 1 fully saturated rings. The molecule has 2 aromatic rings. The molecular formula is C17H21FN2O. The average molecular weight is 288 g/mol. The molecule has 0 bridgehead atoms. The van der Waals surface area contributed by atoms with Crippen LogP contribution in [0.25, 0.3) is 11.1 Å². The lowest BCUT2D eigenvalue weighted by Crippen LogP contribution is -2.03. The molecule has 0 atom stereocenters. The van der Waals surface area contributed by atoms with Crippen LogP contribution in [0.15, 0.2) is 28.8 Å². The van der Waals surface area contributed by atoms with Crippen molar-refractivity contribution in [1.29, 1.82) is 0 Å². The summed E-state index contributed by atoms with van der Waals surface area (Å²) >= 11 is 0. The zero-order valence-electron chi connectivity index (χ0n) is 12.1. The van der Waals surface area contributed by atoms with E-state index < -0.39 is 0 Å². The fourth-order valence-corrected chi connectivity index (χ4v) is 3.25. The molecule has 0 unspecified atom stereocenters. The summed E-state index contributed by atoms with van der Waals surface area (Å²) in [5.74, 6) is 1.27. The highest BCUT2D eigenvalue weighted by Crippen LogP contribution is 2.39. The van der Waals surface area contributed by atoms with Crippen LogP contribution in [0.1, 0.15) is 56.6 Å². The minimum atomic E-state index is -0.267. The van der Waals surface area contributed by atoms with Crippen LogP contribution in [-0.2, 0) is 0 Å². The largest absolute Gasteiger partial charge is 0.380 e. The number of rotatable bonds is 2. The number of benzene rings is 1. The third kappa shape index (κ3) is 3.09. The second-order valence-corrected chi connectivity index (χ2v) is 5.86. The van der Waals surface area contributed by atoms with Crippen molar-refractivity contribution in [2.75, 3.05) is 5.73 Å². The van der Waals surface area contributed by atoms with Gasteiger partial charge in [-0.2, -0.15) is 0 Å². The first-order valence-electron chi connectivity index (χ1n) is 7.76. The van der Waals surface area contributed by atoms with Gasteiger partial charge in [-0.3, -0.25) is 0 Å². The lowest BCUT2D eigenvalue weighted by molar-refractivity contribution is 0.332. The van der Waals surface area contributed by atoms with Gasteiger partial charge in [0.25, 0.3) is 0 Å². The van der Waals surface area contributed by atoms with Gasteiger partial charge in [0, 0.05) is 5.92 Å². The van der Waals surface area contributed by atoms with E-state index in [0.717, 1.165) is 29.7 Å². The number of aromatic nitrogens is 1. The summed E-state index contributed by atoms with van der Waals surface area (Å²) in [6.07, 6.45) is 8.46. The Morgan fingerprint density at radius 1 is 1.10 bits per heavy atom. The minimum absolute atomic E-state index is 0.267. The molecule has 2 N–H and O–H groups in total. The number of hydrogen-bond donors (Lipinski definition) is 1. The standard InChI is InChI=1S/C17H21FN2O/c18-14-10-6-9-13(11-14)15-16(21-20-17(15)19)12-7-4-2-1-3-5-8-12/h6,9-12H,1-5,7-8H2,(H2,19,20). The van der Waals surface area contributed by atoms with Crippen LogP contribution in [0.3, 0.4) is 0 Å². The molecule has 1 aromatic heterocycles. The topological polar surface area (TPSA) is 52.0 Å². The van der Waals surface area contributed by atoms with Gasteiger partial charge in [0.05, 0.1) is 5.56 Å². The van der Waals surface area contributed by atoms with Gasteiger partial charge in [-0.25, -0.2) is 4.39 Å². The molecule has 3 nitrogen and oxygen atoms in total. The molecule has 1 aliphatic rings. The molecule has 112 valence electrons. The molecule has 21 heavy (non-hydrogen) atoms. The first kappa shape index (κ1) is 14.1. The number of anilines is 1. The molecule has 0 radical (unpaired) electrons. The van der Waals surface area contributed by atoms with Crippen molar-refractivity contribution in [1.82, 2.24) is 5.16 Å². The van der Waals surface area contributed by atoms with E-state index >= 15 is 0 Å². The van der Waals surface area contributed by atoms with Gasteiger partial charge in [-0.15, -0.1) is 0 Å². The number of nitrogens with zero attached hydrogens (tertiary/aromatic N) is 1. The van der Waals surface area contributed by atoms with Gasteiger partial charge in [-0.1, -0.05) is 49.4 Å². The maximum absolute atomic E-state index is 13.5. The Morgan fingerprint density at radius 2 is 1.81 bits per heavy atom. The van der Waals surface area contributed by atoms with E-state index in [1.165, 1.54) is 44.2 Å². The van der Waals surface area contributed by atoms with E-state index in [1.54, 1.807) is 6.07 Å². The van der Waals surface area contributed by atoms with Gasteiger partial charge in [-0.05, 0) is 30.5 Å². The van der Waals surface area contributed by atoms with Gasteiger partial charge in [0.15, 0.2) is 5.82 Å². The van der Waals surface area contributed by atoms with Gasteiger partial charge >= 0.3 is 0 Å². The Morgan fingerprint density at radius 3 is 2.52 bits per heavy atom. The van der Waals surface area contributed by atoms with Crippen molar-refractivity contribution in [3.8, 4) is 11.1 Å². The van der Waals surface area contributed by atoms with Gasteiger partial charge in [0.2, 0.25) is 0 Å². The maximum Gasteiger partial charge on any atom is 0.175 e. The second kappa shape index (κ2) is 6.29. The van der Waals surface area contributed by atoms with E-state index in [-0.39, 0.29) is 5.82 Å². The van der Waals surface area contributed by atoms with Crippen LogP contribution in [-0.4, -0.2) is 5.16 Å². The summed E-state index contributed by atoms with van der Waals surface area (Å²) in [4.78, 5) is 0. The number of nitrogen functional groups attached to an aromatic ring is 1. The lowest BCUT2D eigenvalue weighted by Gasteiger charge is -2.18. The average Bonchev–Trinajstić information content (AvgIpc) is 2.80. The van der Waals surface area contributed by atoms with Crippen molar-refractivity contribution in [2.24, 2.45) is 0 Å². The predicted molar refractivity (Wildman–Crippen MR) is 81.4 cm³/mol. The molecule has 0 aliphatic heterocycles. The number of hydrogen-bond acceptors (Lipinski definition) is 3. The van der Waals surface area contributed by atoms with Crippen LogP contribution >= 0.6 is 0 Å². The minimum Gasteiger partial charge on any atom is -0.380 e. The monoisotopic (exact) mass is 288 g/mol. The Balaban J connectivity index is 1.96. The van der Waals surface area contributed by atoms with Crippen LogP contribution in [0, 0.1) is 5.82 Å². The van der Waals surface area contributed by atoms with Crippen molar-refractivity contribution < 1.29 is 8.91 Å². The van der Waals surface area contributed by atoms with Gasteiger partial charge < -0.3 is 10.3 Å². The Kier molecular flexibility index (Phi) is 4.23. The Hall–Kier alpha value is -1.84. The highest BCUT2D eigenvalue weighted by Gasteiger charge is 2.24. The summed E-state index contributed by atoms with van der Waals surface area (Å²) in [5, 5.41) is 3.93. The normalized spacial score (nSPS) is 17.4. The summed E-state index contributed by atoms with van der Waals surface area (Å²) in [5.41, 5.74) is 7.51. The SMILES string of the molecule is Nc1noc(C2CCCCCCC2)c1-c1cccc(F)c1. The molecule has 4 heteroatoms. The van der Waals surface area contributed by atoms with Crippen molar-refractivity contribution in [3.05, 3.63) is 35.8 Å². The molecule has 0 spiro atoms. The Bertz CT molecular complexity index is 601. The number of nitrogens with two attached hydrogens (primary N) is 1. The van der Waals surface area contributed by atoms with E-state index in [0.29, 0.717) is 11.7 Å². The first-order valence-corrected chi connectivity index (χ1v) is 7.76. The third-order valence-electron chi connectivity index (χ3n) is 4.33. The number of halogens is 1. The highest BCUT2D eigenvalue weighted by atomic mass is 19.1. The maximum atomic E-state index is 13.5. The van der Waals surface area contributed by atoms with E-state index in [4.69, 9.17) is 10.3 Å². The molecule has 1 aliphatic carbocycles. The van der Waals surface area contributed by atoms with E-state index in [1.807, 2.05) is 6.07 Å². The first-order chi connectivity index (χ1) is 10.3. The molecule has 1 heterocycles. The zero-order valence-corrected chi connectivity index (χ0v) is 12.1. The summed E-state index contributed by atoms with van der Waals surface area (Å²) in [6.45, 7) is 0. The van der Waals surface area contributed by atoms with Crippen molar-refractivity contribution in [2.45, 2.75) is 50.9 Å².